The van der Waals surface area contributed by atoms with Crippen molar-refractivity contribution in [2.45, 2.75) is 19.9 Å². The normalized spacial score (nSPS) is 10.8. The van der Waals surface area contributed by atoms with Gasteiger partial charge in [0.15, 0.2) is 0 Å². The molecular weight excluding hydrogens is 242 g/mol. The smallest absolute Gasteiger partial charge is 0.238 e. The average molecular weight is 265 g/mol. The number of anilines is 1. The van der Waals surface area contributed by atoms with E-state index < -0.39 is 0 Å². The third-order valence-corrected chi connectivity index (χ3v) is 2.80. The van der Waals surface area contributed by atoms with Gasteiger partial charge in [0.05, 0.1) is 6.54 Å². The number of benzene rings is 1. The number of nitrogens with two attached hydrogens (primary N) is 1. The molecule has 0 aliphatic carbocycles. The second kappa shape index (κ2) is 7.76. The minimum atomic E-state index is -0.0215. The molecule has 3 N–H and O–H groups in total. The van der Waals surface area contributed by atoms with E-state index in [1.165, 1.54) is 0 Å². The lowest BCUT2D eigenvalue weighted by atomic mass is 10.3. The molecule has 0 aliphatic heterocycles. The molecule has 0 fully saturated rings. The van der Waals surface area contributed by atoms with Crippen molar-refractivity contribution in [3.8, 4) is 5.75 Å². The van der Waals surface area contributed by atoms with Crippen molar-refractivity contribution < 1.29 is 9.53 Å². The number of carbonyl (C=O) groups excluding carboxylic acids is 1. The van der Waals surface area contributed by atoms with Gasteiger partial charge in [0.1, 0.15) is 12.4 Å². The zero-order valence-corrected chi connectivity index (χ0v) is 11.8. The molecule has 19 heavy (non-hydrogen) atoms. The van der Waals surface area contributed by atoms with E-state index in [0.29, 0.717) is 25.7 Å². The molecule has 1 aromatic rings. The predicted molar refractivity (Wildman–Crippen MR) is 77.4 cm³/mol. The molecule has 0 unspecified atom stereocenters. The van der Waals surface area contributed by atoms with E-state index in [0.717, 1.165) is 11.4 Å². The Morgan fingerprint density at radius 3 is 2.53 bits per heavy atom. The first kappa shape index (κ1) is 15.5. The van der Waals surface area contributed by atoms with Crippen LogP contribution < -0.4 is 15.8 Å². The lowest BCUT2D eigenvalue weighted by Gasteiger charge is -2.20. The molecule has 106 valence electrons. The molecule has 5 heteroatoms. The zero-order chi connectivity index (χ0) is 14.3. The van der Waals surface area contributed by atoms with Gasteiger partial charge in [0, 0.05) is 18.3 Å². The fraction of sp³-hybridized carbons (Fsp3) is 0.500. The molecule has 5 nitrogen and oxygen atoms in total. The Balaban J connectivity index is 2.46. The maximum absolute atomic E-state index is 11.8. The predicted octanol–water partition coefficient (Wildman–Crippen LogP) is 1.30. The monoisotopic (exact) mass is 265 g/mol. The molecule has 0 atom stereocenters. The van der Waals surface area contributed by atoms with Crippen molar-refractivity contribution in [3.05, 3.63) is 24.3 Å². The standard InChI is InChI=1S/C14H23N3O2/c1-11(2)17(3)10-14(18)16-12-4-6-13(7-5-12)19-9-8-15/h4-7,11H,8-10,15H2,1-3H3,(H,16,18). The summed E-state index contributed by atoms with van der Waals surface area (Å²) >= 11 is 0. The van der Waals surface area contributed by atoms with Crippen LogP contribution in [0.3, 0.4) is 0 Å². The molecule has 0 bridgehead atoms. The summed E-state index contributed by atoms with van der Waals surface area (Å²) in [6.45, 7) is 5.46. The lowest BCUT2D eigenvalue weighted by Crippen LogP contribution is -2.34. The Morgan fingerprint density at radius 1 is 1.37 bits per heavy atom. The summed E-state index contributed by atoms with van der Waals surface area (Å²) in [5.41, 5.74) is 6.12. The third-order valence-electron chi connectivity index (χ3n) is 2.80. The van der Waals surface area contributed by atoms with Crippen LogP contribution in [0.1, 0.15) is 13.8 Å². The van der Waals surface area contributed by atoms with E-state index in [9.17, 15) is 4.79 Å². The SMILES string of the molecule is CC(C)N(C)CC(=O)Nc1ccc(OCCN)cc1. The Morgan fingerprint density at radius 2 is 2.00 bits per heavy atom. The number of hydrogen-bond donors (Lipinski definition) is 2. The Labute approximate surface area is 114 Å². The van der Waals surface area contributed by atoms with Gasteiger partial charge in [-0.2, -0.15) is 0 Å². The highest BCUT2D eigenvalue weighted by atomic mass is 16.5. The maximum atomic E-state index is 11.8. The van der Waals surface area contributed by atoms with E-state index in [4.69, 9.17) is 10.5 Å². The first-order valence-corrected chi connectivity index (χ1v) is 6.46. The summed E-state index contributed by atoms with van der Waals surface area (Å²) in [6, 6.07) is 7.62. The van der Waals surface area contributed by atoms with E-state index in [1.54, 1.807) is 0 Å². The van der Waals surface area contributed by atoms with Crippen molar-refractivity contribution in [3.63, 3.8) is 0 Å². The number of rotatable bonds is 7. The summed E-state index contributed by atoms with van der Waals surface area (Å²) in [6.07, 6.45) is 0. The van der Waals surface area contributed by atoms with Gasteiger partial charge in [0.25, 0.3) is 0 Å². The first-order valence-electron chi connectivity index (χ1n) is 6.46. The van der Waals surface area contributed by atoms with Crippen molar-refractivity contribution >= 4 is 11.6 Å². The average Bonchev–Trinajstić information content (AvgIpc) is 2.37. The molecule has 0 saturated heterocycles. The lowest BCUT2D eigenvalue weighted by molar-refractivity contribution is -0.117. The second-order valence-corrected chi connectivity index (χ2v) is 4.72. The van der Waals surface area contributed by atoms with Gasteiger partial charge >= 0.3 is 0 Å². The molecule has 0 heterocycles. The number of amides is 1. The van der Waals surface area contributed by atoms with Crippen LogP contribution in [0.25, 0.3) is 0 Å². The van der Waals surface area contributed by atoms with Crippen LogP contribution in [0.5, 0.6) is 5.75 Å². The Kier molecular flexibility index (Phi) is 6.32. The topological polar surface area (TPSA) is 67.6 Å². The van der Waals surface area contributed by atoms with Gasteiger partial charge in [-0.25, -0.2) is 0 Å². The van der Waals surface area contributed by atoms with Crippen molar-refractivity contribution in [1.29, 1.82) is 0 Å². The molecule has 0 aliphatic rings. The number of likely N-dealkylation sites (N-methyl/N-ethyl adjacent to an activating group) is 1. The summed E-state index contributed by atoms with van der Waals surface area (Å²) < 4.78 is 5.37. The van der Waals surface area contributed by atoms with Crippen LogP contribution in [0, 0.1) is 0 Å². The Bertz CT molecular complexity index is 390. The largest absolute Gasteiger partial charge is 0.492 e. The highest BCUT2D eigenvalue weighted by Crippen LogP contribution is 2.15. The molecule has 1 rings (SSSR count). The van der Waals surface area contributed by atoms with E-state index >= 15 is 0 Å². The van der Waals surface area contributed by atoms with Crippen LogP contribution in [0.15, 0.2) is 24.3 Å². The number of ether oxygens (including phenoxy) is 1. The van der Waals surface area contributed by atoms with Crippen LogP contribution in [0.4, 0.5) is 5.69 Å². The summed E-state index contributed by atoms with van der Waals surface area (Å²) in [5, 5.41) is 2.85. The maximum Gasteiger partial charge on any atom is 0.238 e. The fourth-order valence-corrected chi connectivity index (χ4v) is 1.42. The van der Waals surface area contributed by atoms with Crippen LogP contribution in [0.2, 0.25) is 0 Å². The minimum absolute atomic E-state index is 0.0215. The molecule has 0 spiro atoms. The van der Waals surface area contributed by atoms with Crippen molar-refractivity contribution in [2.24, 2.45) is 5.73 Å². The fourth-order valence-electron chi connectivity index (χ4n) is 1.42. The molecule has 0 aromatic heterocycles. The van der Waals surface area contributed by atoms with Gasteiger partial charge in [-0.15, -0.1) is 0 Å². The van der Waals surface area contributed by atoms with Gasteiger partial charge in [-0.1, -0.05) is 0 Å². The molecule has 0 radical (unpaired) electrons. The highest BCUT2D eigenvalue weighted by Gasteiger charge is 2.09. The van der Waals surface area contributed by atoms with E-state index in [2.05, 4.69) is 19.2 Å². The van der Waals surface area contributed by atoms with Crippen LogP contribution in [-0.2, 0) is 4.79 Å². The third kappa shape index (κ3) is 5.72. The molecule has 1 aromatic carbocycles. The number of carbonyl (C=O) groups is 1. The second-order valence-electron chi connectivity index (χ2n) is 4.72. The van der Waals surface area contributed by atoms with Crippen molar-refractivity contribution in [2.75, 3.05) is 32.1 Å². The quantitative estimate of drug-likeness (QED) is 0.780. The molecular formula is C14H23N3O2. The summed E-state index contributed by atoms with van der Waals surface area (Å²) in [4.78, 5) is 13.8. The Hall–Kier alpha value is -1.59. The van der Waals surface area contributed by atoms with Crippen LogP contribution >= 0.6 is 0 Å². The zero-order valence-electron chi connectivity index (χ0n) is 11.8. The molecule has 0 saturated carbocycles. The van der Waals surface area contributed by atoms with Gasteiger partial charge in [0.2, 0.25) is 5.91 Å². The summed E-state index contributed by atoms with van der Waals surface area (Å²) in [7, 11) is 1.92. The van der Waals surface area contributed by atoms with E-state index in [1.807, 2.05) is 36.2 Å². The highest BCUT2D eigenvalue weighted by molar-refractivity contribution is 5.92. The number of nitrogens with zero attached hydrogens (tertiary/aromatic N) is 1. The number of hydrogen-bond acceptors (Lipinski definition) is 4. The van der Waals surface area contributed by atoms with Gasteiger partial charge < -0.3 is 15.8 Å². The first-order chi connectivity index (χ1) is 9.02. The molecule has 1 amide bonds. The van der Waals surface area contributed by atoms with E-state index in [-0.39, 0.29) is 5.91 Å². The summed E-state index contributed by atoms with van der Waals surface area (Å²) in [5.74, 6) is 0.731. The van der Waals surface area contributed by atoms with Crippen LogP contribution in [-0.4, -0.2) is 43.6 Å². The number of nitrogens with one attached hydrogen (secondary N) is 1. The van der Waals surface area contributed by atoms with Gasteiger partial charge in [-0.3, -0.25) is 9.69 Å². The van der Waals surface area contributed by atoms with Crippen molar-refractivity contribution in [1.82, 2.24) is 4.90 Å². The minimum Gasteiger partial charge on any atom is -0.492 e. The van der Waals surface area contributed by atoms with Gasteiger partial charge in [-0.05, 0) is 45.2 Å².